The van der Waals surface area contributed by atoms with Gasteiger partial charge >= 0.3 is 16.3 Å². The van der Waals surface area contributed by atoms with Gasteiger partial charge in [-0.3, -0.25) is 5.32 Å². The zero-order valence-corrected chi connectivity index (χ0v) is 8.17. The standard InChI is InChI=1S/C8H6FNO4S/c9-15(12,13)6-1-2-7-5(3-6)4-14-8(11)10-7/h1-3H,4H2,(H,10,11). The molecule has 2 rings (SSSR count). The normalized spacial score (nSPS) is 15.1. The summed E-state index contributed by atoms with van der Waals surface area (Å²) in [5.74, 6) is 0. The fourth-order valence-electron chi connectivity index (χ4n) is 1.25. The number of nitrogens with one attached hydrogen (secondary N) is 1. The highest BCUT2D eigenvalue weighted by Gasteiger charge is 2.19. The second-order valence-electron chi connectivity index (χ2n) is 2.96. The van der Waals surface area contributed by atoms with E-state index in [1.807, 2.05) is 0 Å². The lowest BCUT2D eigenvalue weighted by molar-refractivity contribution is 0.151. The Bertz CT molecular complexity index is 525. The van der Waals surface area contributed by atoms with E-state index >= 15 is 0 Å². The summed E-state index contributed by atoms with van der Waals surface area (Å²) in [5.41, 5.74) is 0.854. The highest BCUT2D eigenvalue weighted by molar-refractivity contribution is 7.86. The van der Waals surface area contributed by atoms with E-state index in [0.29, 0.717) is 11.3 Å². The Kier molecular flexibility index (Phi) is 2.11. The maximum Gasteiger partial charge on any atom is 0.411 e. The van der Waals surface area contributed by atoms with Gasteiger partial charge in [0.25, 0.3) is 0 Å². The number of anilines is 1. The molecular weight excluding hydrogens is 225 g/mol. The number of carbonyl (C=O) groups excluding carboxylic acids is 1. The number of amides is 1. The molecule has 0 fully saturated rings. The first kappa shape index (κ1) is 9.91. The number of hydrogen-bond acceptors (Lipinski definition) is 4. The fraction of sp³-hybridized carbons (Fsp3) is 0.125. The molecule has 0 unspecified atom stereocenters. The lowest BCUT2D eigenvalue weighted by Gasteiger charge is -2.17. The van der Waals surface area contributed by atoms with Crippen molar-refractivity contribution in [2.24, 2.45) is 0 Å². The number of benzene rings is 1. The topological polar surface area (TPSA) is 72.5 Å². The van der Waals surface area contributed by atoms with E-state index in [4.69, 9.17) is 0 Å². The molecule has 0 bridgehead atoms. The highest BCUT2D eigenvalue weighted by Crippen LogP contribution is 2.25. The Morgan fingerprint density at radius 2 is 2.13 bits per heavy atom. The van der Waals surface area contributed by atoms with Crippen LogP contribution in [-0.2, 0) is 21.6 Å². The summed E-state index contributed by atoms with van der Waals surface area (Å²) in [6.07, 6.45) is -0.613. The molecule has 1 aromatic carbocycles. The van der Waals surface area contributed by atoms with Gasteiger partial charge in [-0.2, -0.15) is 8.42 Å². The van der Waals surface area contributed by atoms with Gasteiger partial charge in [0.15, 0.2) is 0 Å². The van der Waals surface area contributed by atoms with E-state index in [1.54, 1.807) is 0 Å². The Balaban J connectivity index is 2.48. The van der Waals surface area contributed by atoms with Gasteiger partial charge in [-0.25, -0.2) is 4.79 Å². The minimum Gasteiger partial charge on any atom is -0.444 e. The Morgan fingerprint density at radius 3 is 2.80 bits per heavy atom. The largest absolute Gasteiger partial charge is 0.444 e. The summed E-state index contributed by atoms with van der Waals surface area (Å²) in [5, 5.41) is 2.36. The number of fused-ring (bicyclic) bond motifs is 1. The summed E-state index contributed by atoms with van der Waals surface area (Å²) in [6.45, 7) is -0.0650. The third kappa shape index (κ3) is 1.91. The third-order valence-electron chi connectivity index (χ3n) is 1.95. The van der Waals surface area contributed by atoms with E-state index in [-0.39, 0.29) is 6.61 Å². The quantitative estimate of drug-likeness (QED) is 0.741. The molecule has 1 aliphatic rings. The number of halogens is 1. The molecule has 80 valence electrons. The van der Waals surface area contributed by atoms with Gasteiger partial charge in [0.2, 0.25) is 0 Å². The fourth-order valence-corrected chi connectivity index (χ4v) is 1.77. The second kappa shape index (κ2) is 3.20. The number of hydrogen-bond donors (Lipinski definition) is 1. The third-order valence-corrected chi connectivity index (χ3v) is 2.77. The molecular formula is C8H6FNO4S. The lowest BCUT2D eigenvalue weighted by Crippen LogP contribution is -2.20. The summed E-state index contributed by atoms with van der Waals surface area (Å²) < 4.78 is 38.4. The molecule has 0 spiro atoms. The SMILES string of the molecule is O=C1Nc2ccc(S(=O)(=O)F)cc2CO1. The van der Waals surface area contributed by atoms with Crippen LogP contribution in [0.1, 0.15) is 5.56 Å². The van der Waals surface area contributed by atoms with Crippen LogP contribution in [0.2, 0.25) is 0 Å². The van der Waals surface area contributed by atoms with Crippen LogP contribution in [0.5, 0.6) is 0 Å². The molecule has 0 aliphatic carbocycles. The van der Waals surface area contributed by atoms with Gasteiger partial charge in [0, 0.05) is 5.56 Å². The van der Waals surface area contributed by atoms with Crippen LogP contribution in [-0.4, -0.2) is 14.5 Å². The first-order valence-corrected chi connectivity index (χ1v) is 5.36. The molecule has 0 saturated heterocycles. The van der Waals surface area contributed by atoms with Gasteiger partial charge < -0.3 is 4.74 Å². The van der Waals surface area contributed by atoms with Gasteiger partial charge in [-0.15, -0.1) is 3.89 Å². The summed E-state index contributed by atoms with van der Waals surface area (Å²) >= 11 is 0. The predicted octanol–water partition coefficient (Wildman–Crippen LogP) is 1.41. The molecule has 5 nitrogen and oxygen atoms in total. The maximum atomic E-state index is 12.6. The molecule has 7 heteroatoms. The molecule has 0 atom stereocenters. The van der Waals surface area contributed by atoms with Crippen LogP contribution >= 0.6 is 0 Å². The van der Waals surface area contributed by atoms with Gasteiger partial charge in [0.05, 0.1) is 10.6 Å². The number of rotatable bonds is 1. The van der Waals surface area contributed by atoms with Crippen LogP contribution in [0.15, 0.2) is 23.1 Å². The molecule has 15 heavy (non-hydrogen) atoms. The van der Waals surface area contributed by atoms with Crippen molar-refractivity contribution in [2.75, 3.05) is 5.32 Å². The molecule has 0 saturated carbocycles. The smallest absolute Gasteiger partial charge is 0.411 e. The van der Waals surface area contributed by atoms with Crippen LogP contribution in [0.25, 0.3) is 0 Å². The van der Waals surface area contributed by atoms with E-state index in [9.17, 15) is 17.1 Å². The second-order valence-corrected chi connectivity index (χ2v) is 4.31. The molecule has 1 aromatic rings. The van der Waals surface area contributed by atoms with E-state index in [1.165, 1.54) is 6.07 Å². The van der Waals surface area contributed by atoms with Crippen LogP contribution in [0.4, 0.5) is 14.4 Å². The Labute approximate surface area is 85.1 Å². The van der Waals surface area contributed by atoms with E-state index in [0.717, 1.165) is 12.1 Å². The molecule has 1 aliphatic heterocycles. The zero-order valence-electron chi connectivity index (χ0n) is 7.36. The molecule has 0 aromatic heterocycles. The molecule has 1 heterocycles. The van der Waals surface area contributed by atoms with Crippen molar-refractivity contribution in [2.45, 2.75) is 11.5 Å². The minimum atomic E-state index is -4.72. The number of cyclic esters (lactones) is 1. The molecule has 0 radical (unpaired) electrons. The van der Waals surface area contributed by atoms with E-state index in [2.05, 4.69) is 10.1 Å². The van der Waals surface area contributed by atoms with Crippen molar-refractivity contribution in [3.63, 3.8) is 0 Å². The van der Waals surface area contributed by atoms with Crippen molar-refractivity contribution in [3.05, 3.63) is 23.8 Å². The van der Waals surface area contributed by atoms with Gasteiger partial charge in [0.1, 0.15) is 6.61 Å². The highest BCUT2D eigenvalue weighted by atomic mass is 32.3. The zero-order chi connectivity index (χ0) is 11.1. The van der Waals surface area contributed by atoms with Crippen molar-refractivity contribution in [1.82, 2.24) is 0 Å². The van der Waals surface area contributed by atoms with Crippen molar-refractivity contribution < 1.29 is 21.8 Å². The number of ether oxygens (including phenoxy) is 1. The number of carbonyl (C=O) groups is 1. The summed E-state index contributed by atoms with van der Waals surface area (Å²) in [7, 11) is -4.72. The first-order valence-electron chi connectivity index (χ1n) is 3.98. The van der Waals surface area contributed by atoms with Crippen molar-refractivity contribution in [1.29, 1.82) is 0 Å². The minimum absolute atomic E-state index is 0.0650. The van der Waals surface area contributed by atoms with Crippen LogP contribution in [0.3, 0.4) is 0 Å². The van der Waals surface area contributed by atoms with Crippen molar-refractivity contribution >= 4 is 22.0 Å². The Morgan fingerprint density at radius 1 is 1.40 bits per heavy atom. The predicted molar refractivity (Wildman–Crippen MR) is 48.5 cm³/mol. The Hall–Kier alpha value is -1.63. The monoisotopic (exact) mass is 231 g/mol. The molecule has 1 amide bonds. The van der Waals surface area contributed by atoms with Crippen molar-refractivity contribution in [3.8, 4) is 0 Å². The lowest BCUT2D eigenvalue weighted by atomic mass is 10.2. The average molecular weight is 231 g/mol. The molecule has 1 N–H and O–H groups in total. The summed E-state index contributed by atoms with van der Waals surface area (Å²) in [4.78, 5) is 10.3. The maximum absolute atomic E-state index is 12.6. The van der Waals surface area contributed by atoms with Crippen LogP contribution < -0.4 is 5.32 Å². The van der Waals surface area contributed by atoms with Gasteiger partial charge in [-0.05, 0) is 18.2 Å². The average Bonchev–Trinajstić information content (AvgIpc) is 2.15. The van der Waals surface area contributed by atoms with Gasteiger partial charge in [-0.1, -0.05) is 0 Å². The van der Waals surface area contributed by atoms with Crippen LogP contribution in [0, 0.1) is 0 Å². The first-order chi connectivity index (χ1) is 6.97. The summed E-state index contributed by atoms with van der Waals surface area (Å²) in [6, 6.07) is 3.53. The van der Waals surface area contributed by atoms with E-state index < -0.39 is 21.2 Å².